The van der Waals surface area contributed by atoms with Crippen LogP contribution in [0, 0.1) is 0 Å². The highest BCUT2D eigenvalue weighted by molar-refractivity contribution is 5.90. The van der Waals surface area contributed by atoms with Crippen LogP contribution in [0.15, 0.2) is 97.6 Å². The SMILES string of the molecule is CC(C)(C)c1ccc(C(=O)OC(/C(=C\c2ccccc2)n2cncn2)c2ccccc2)cc1. The molecule has 0 bridgehead atoms. The Morgan fingerprint density at radius 1 is 0.909 bits per heavy atom. The van der Waals surface area contributed by atoms with Gasteiger partial charge in [-0.1, -0.05) is 93.6 Å². The van der Waals surface area contributed by atoms with Crippen LogP contribution in [0.25, 0.3) is 11.8 Å². The third-order valence-electron chi connectivity index (χ3n) is 5.38. The third-order valence-corrected chi connectivity index (χ3v) is 5.38. The van der Waals surface area contributed by atoms with Crippen LogP contribution in [0.1, 0.15) is 53.9 Å². The molecule has 0 fully saturated rings. The zero-order valence-corrected chi connectivity index (χ0v) is 19.1. The molecule has 0 aliphatic rings. The van der Waals surface area contributed by atoms with Gasteiger partial charge in [-0.3, -0.25) is 0 Å². The average Bonchev–Trinajstić information content (AvgIpc) is 3.37. The van der Waals surface area contributed by atoms with Crippen molar-refractivity contribution in [1.82, 2.24) is 14.8 Å². The number of carbonyl (C=O) groups excluding carboxylic acids is 1. The molecule has 4 aromatic rings. The minimum Gasteiger partial charge on any atom is -0.447 e. The van der Waals surface area contributed by atoms with Crippen molar-refractivity contribution in [2.45, 2.75) is 32.3 Å². The molecule has 0 radical (unpaired) electrons. The van der Waals surface area contributed by atoms with E-state index in [1.807, 2.05) is 91.0 Å². The van der Waals surface area contributed by atoms with E-state index >= 15 is 0 Å². The maximum absolute atomic E-state index is 13.2. The molecular weight excluding hydrogens is 410 g/mol. The fraction of sp³-hybridized carbons (Fsp3) is 0.179. The lowest BCUT2D eigenvalue weighted by atomic mass is 9.87. The van der Waals surface area contributed by atoms with Gasteiger partial charge in [0, 0.05) is 0 Å². The predicted molar refractivity (Wildman–Crippen MR) is 130 cm³/mol. The van der Waals surface area contributed by atoms with E-state index in [1.54, 1.807) is 11.0 Å². The van der Waals surface area contributed by atoms with Crippen LogP contribution < -0.4 is 0 Å². The molecule has 1 heterocycles. The smallest absolute Gasteiger partial charge is 0.339 e. The highest BCUT2D eigenvalue weighted by Crippen LogP contribution is 2.32. The quantitative estimate of drug-likeness (QED) is 0.338. The lowest BCUT2D eigenvalue weighted by molar-refractivity contribution is 0.0399. The number of carbonyl (C=O) groups is 1. The molecular formula is C28H27N3O2. The normalized spacial score (nSPS) is 12.9. The molecule has 0 spiro atoms. The van der Waals surface area contributed by atoms with Gasteiger partial charge in [0.2, 0.25) is 0 Å². The monoisotopic (exact) mass is 437 g/mol. The highest BCUT2D eigenvalue weighted by atomic mass is 16.5. The Morgan fingerprint density at radius 2 is 1.55 bits per heavy atom. The summed E-state index contributed by atoms with van der Waals surface area (Å²) < 4.78 is 7.75. The van der Waals surface area contributed by atoms with Crippen LogP contribution in [0.5, 0.6) is 0 Å². The van der Waals surface area contributed by atoms with Crippen molar-refractivity contribution >= 4 is 17.7 Å². The second kappa shape index (κ2) is 9.65. The molecule has 0 N–H and O–H groups in total. The molecule has 0 saturated carbocycles. The average molecular weight is 438 g/mol. The van der Waals surface area contributed by atoms with Crippen molar-refractivity contribution in [3.05, 3.63) is 120 Å². The molecule has 3 aromatic carbocycles. The van der Waals surface area contributed by atoms with Crippen LogP contribution in [-0.2, 0) is 10.2 Å². The second-order valence-electron chi connectivity index (χ2n) is 8.84. The molecule has 1 atom stereocenters. The van der Waals surface area contributed by atoms with Crippen molar-refractivity contribution in [2.75, 3.05) is 0 Å². The molecule has 33 heavy (non-hydrogen) atoms. The third kappa shape index (κ3) is 5.44. The van der Waals surface area contributed by atoms with Gasteiger partial charge in [-0.2, -0.15) is 5.10 Å². The van der Waals surface area contributed by atoms with Gasteiger partial charge in [-0.05, 0) is 40.3 Å². The minimum atomic E-state index is -0.678. The maximum atomic E-state index is 13.2. The van der Waals surface area contributed by atoms with Crippen LogP contribution in [0.2, 0.25) is 0 Å². The predicted octanol–water partition coefficient (Wildman–Crippen LogP) is 6.17. The Kier molecular flexibility index (Phi) is 6.50. The van der Waals surface area contributed by atoms with Crippen molar-refractivity contribution in [3.63, 3.8) is 0 Å². The lowest BCUT2D eigenvalue weighted by Gasteiger charge is -2.22. The van der Waals surface area contributed by atoms with E-state index in [0.29, 0.717) is 11.3 Å². The zero-order chi connectivity index (χ0) is 23.3. The number of ether oxygens (including phenoxy) is 1. The summed E-state index contributed by atoms with van der Waals surface area (Å²) in [5.41, 5.74) is 4.16. The molecule has 0 aliphatic heterocycles. The minimum absolute atomic E-state index is 0.00763. The highest BCUT2D eigenvalue weighted by Gasteiger charge is 2.25. The Hall–Kier alpha value is -3.99. The second-order valence-corrected chi connectivity index (χ2v) is 8.84. The van der Waals surface area contributed by atoms with E-state index < -0.39 is 12.1 Å². The van der Waals surface area contributed by atoms with Gasteiger partial charge in [0.05, 0.1) is 11.3 Å². The molecule has 5 heteroatoms. The fourth-order valence-corrected chi connectivity index (χ4v) is 3.53. The first-order valence-electron chi connectivity index (χ1n) is 10.9. The largest absolute Gasteiger partial charge is 0.447 e. The fourth-order valence-electron chi connectivity index (χ4n) is 3.53. The van der Waals surface area contributed by atoms with E-state index in [0.717, 1.165) is 16.7 Å². The first kappa shape index (κ1) is 22.2. The van der Waals surface area contributed by atoms with Gasteiger partial charge in [0.25, 0.3) is 0 Å². The molecule has 0 saturated heterocycles. The Balaban J connectivity index is 1.73. The standard InChI is InChI=1S/C28H27N3O2/c1-28(2,3)24-16-14-23(15-17-24)27(32)33-26(22-12-8-5-9-13-22)25(31-20-29-19-30-31)18-21-10-6-4-7-11-21/h4-20,26H,1-3H3/b25-18+. The van der Waals surface area contributed by atoms with Gasteiger partial charge >= 0.3 is 5.97 Å². The van der Waals surface area contributed by atoms with Gasteiger partial charge in [0.15, 0.2) is 6.10 Å². The van der Waals surface area contributed by atoms with E-state index in [-0.39, 0.29) is 5.41 Å². The summed E-state index contributed by atoms with van der Waals surface area (Å²) in [7, 11) is 0. The number of esters is 1. The van der Waals surface area contributed by atoms with E-state index in [2.05, 4.69) is 30.9 Å². The van der Waals surface area contributed by atoms with Crippen LogP contribution >= 0.6 is 0 Å². The van der Waals surface area contributed by atoms with Crippen molar-refractivity contribution in [1.29, 1.82) is 0 Å². The van der Waals surface area contributed by atoms with Crippen molar-refractivity contribution in [2.24, 2.45) is 0 Å². The van der Waals surface area contributed by atoms with Gasteiger partial charge in [-0.15, -0.1) is 0 Å². The van der Waals surface area contributed by atoms with Gasteiger partial charge < -0.3 is 4.74 Å². The summed E-state index contributed by atoms with van der Waals surface area (Å²) in [5, 5.41) is 4.32. The Morgan fingerprint density at radius 3 is 2.12 bits per heavy atom. The number of rotatable bonds is 6. The number of aromatic nitrogens is 3. The summed E-state index contributed by atoms with van der Waals surface area (Å²) in [6.07, 6.45) is 4.36. The van der Waals surface area contributed by atoms with Gasteiger partial charge in [0.1, 0.15) is 12.7 Å². The summed E-state index contributed by atoms with van der Waals surface area (Å²) in [5.74, 6) is -0.400. The molecule has 1 unspecified atom stereocenters. The first-order chi connectivity index (χ1) is 15.9. The molecule has 166 valence electrons. The Labute approximate surface area is 194 Å². The number of hydrogen-bond acceptors (Lipinski definition) is 4. The summed E-state index contributed by atoms with van der Waals surface area (Å²) in [4.78, 5) is 17.3. The lowest BCUT2D eigenvalue weighted by Crippen LogP contribution is -2.17. The number of hydrogen-bond donors (Lipinski definition) is 0. The van der Waals surface area contributed by atoms with E-state index in [9.17, 15) is 4.79 Å². The van der Waals surface area contributed by atoms with E-state index in [4.69, 9.17) is 4.74 Å². The topological polar surface area (TPSA) is 57.0 Å². The molecule has 5 nitrogen and oxygen atoms in total. The van der Waals surface area contributed by atoms with Crippen LogP contribution in [0.4, 0.5) is 0 Å². The maximum Gasteiger partial charge on any atom is 0.339 e. The summed E-state index contributed by atoms with van der Waals surface area (Å²) in [6.45, 7) is 6.43. The van der Waals surface area contributed by atoms with Crippen LogP contribution in [0.3, 0.4) is 0 Å². The van der Waals surface area contributed by atoms with Crippen molar-refractivity contribution < 1.29 is 9.53 Å². The number of benzene rings is 3. The summed E-state index contributed by atoms with van der Waals surface area (Å²) >= 11 is 0. The molecule has 0 amide bonds. The molecule has 4 rings (SSSR count). The van der Waals surface area contributed by atoms with Crippen LogP contribution in [-0.4, -0.2) is 20.7 Å². The first-order valence-corrected chi connectivity index (χ1v) is 10.9. The molecule has 0 aliphatic carbocycles. The zero-order valence-electron chi connectivity index (χ0n) is 19.1. The van der Waals surface area contributed by atoms with Crippen molar-refractivity contribution in [3.8, 4) is 0 Å². The van der Waals surface area contributed by atoms with Gasteiger partial charge in [-0.25, -0.2) is 14.5 Å². The molecule has 1 aromatic heterocycles. The number of nitrogens with zero attached hydrogens (tertiary/aromatic N) is 3. The summed E-state index contributed by atoms with van der Waals surface area (Å²) in [6, 6.07) is 27.1. The van der Waals surface area contributed by atoms with E-state index in [1.165, 1.54) is 6.33 Å². The Bertz CT molecular complexity index is 1210.